The van der Waals surface area contributed by atoms with Crippen LogP contribution in [0.1, 0.15) is 88.4 Å². The Hall–Kier alpha value is -2.89. The molecule has 32 heavy (non-hydrogen) atoms. The van der Waals surface area contributed by atoms with Gasteiger partial charge in [-0.2, -0.15) is 0 Å². The van der Waals surface area contributed by atoms with Gasteiger partial charge in [0.25, 0.3) is 0 Å². The van der Waals surface area contributed by atoms with E-state index in [1.807, 2.05) is 0 Å². The fraction of sp³-hybridized carbons (Fsp3) is 0.500. The van der Waals surface area contributed by atoms with Crippen LogP contribution in [0.3, 0.4) is 0 Å². The number of ketones is 1. The van der Waals surface area contributed by atoms with Crippen LogP contribution in [-0.4, -0.2) is 24.3 Å². The van der Waals surface area contributed by atoms with Gasteiger partial charge in [0.15, 0.2) is 5.78 Å². The van der Waals surface area contributed by atoms with Gasteiger partial charge in [-0.1, -0.05) is 64.7 Å². The Morgan fingerprint density at radius 3 is 2.12 bits per heavy atom. The van der Waals surface area contributed by atoms with E-state index >= 15 is 0 Å². The third kappa shape index (κ3) is 9.08. The molecule has 0 atom stereocenters. The quantitative estimate of drug-likeness (QED) is 0.163. The van der Waals surface area contributed by atoms with Crippen molar-refractivity contribution < 1.29 is 23.9 Å². The Morgan fingerprint density at radius 2 is 1.53 bits per heavy atom. The molecule has 0 spiro atoms. The first-order valence-corrected chi connectivity index (χ1v) is 11.7. The Bertz CT molecular complexity index is 823. The second-order valence-corrected chi connectivity index (χ2v) is 8.11. The molecule has 1 aliphatic heterocycles. The zero-order chi connectivity index (χ0) is 23.2. The third-order valence-electron chi connectivity index (χ3n) is 5.31. The second-order valence-electron chi connectivity index (χ2n) is 8.11. The van der Waals surface area contributed by atoms with Gasteiger partial charge >= 0.3 is 11.9 Å². The number of carbonyl (C=O) groups excluding carboxylic acids is 3. The van der Waals surface area contributed by atoms with Crippen molar-refractivity contribution in [2.24, 2.45) is 0 Å². The monoisotopic (exact) mass is 441 g/mol. The molecule has 0 amide bonds. The number of hydrogen-bond donors (Lipinski definition) is 1. The molecule has 0 aromatic heterocycles. The lowest BCUT2D eigenvalue weighted by atomic mass is 10.1. The lowest BCUT2D eigenvalue weighted by Gasteiger charge is -2.12. The number of cyclic esters (lactones) is 1. The third-order valence-corrected chi connectivity index (χ3v) is 5.31. The van der Waals surface area contributed by atoms with E-state index in [0.29, 0.717) is 17.9 Å². The van der Waals surface area contributed by atoms with E-state index < -0.39 is 11.8 Å². The summed E-state index contributed by atoms with van der Waals surface area (Å²) < 4.78 is 10.3. The van der Waals surface area contributed by atoms with Crippen LogP contribution >= 0.6 is 0 Å². The number of allylic oxidation sites excluding steroid dienone is 2. The highest BCUT2D eigenvalue weighted by molar-refractivity contribution is 6.23. The van der Waals surface area contributed by atoms with Crippen LogP contribution < -0.4 is 5.32 Å². The maximum absolute atomic E-state index is 12.2. The van der Waals surface area contributed by atoms with E-state index in [0.717, 1.165) is 12.8 Å². The number of rotatable bonds is 14. The highest BCUT2D eigenvalue weighted by Gasteiger charge is 2.24. The lowest BCUT2D eigenvalue weighted by molar-refractivity contribution is -0.137. The van der Waals surface area contributed by atoms with E-state index in [1.165, 1.54) is 63.6 Å². The van der Waals surface area contributed by atoms with E-state index in [1.54, 1.807) is 31.2 Å². The summed E-state index contributed by atoms with van der Waals surface area (Å²) >= 11 is 0. The van der Waals surface area contributed by atoms with E-state index in [4.69, 9.17) is 9.47 Å². The molecule has 174 valence electrons. The van der Waals surface area contributed by atoms with Crippen molar-refractivity contribution in [2.45, 2.75) is 78.1 Å². The molecule has 1 heterocycles. The van der Waals surface area contributed by atoms with Crippen LogP contribution in [0, 0.1) is 0 Å². The molecule has 0 radical (unpaired) electrons. The summed E-state index contributed by atoms with van der Waals surface area (Å²) in [6, 6.07) is 6.67. The first kappa shape index (κ1) is 25.4. The van der Waals surface area contributed by atoms with Crippen LogP contribution in [0.15, 0.2) is 47.9 Å². The number of unbranched alkanes of at least 4 members (excludes halogenated alkanes) is 9. The molecule has 6 nitrogen and oxygen atoms in total. The topological polar surface area (TPSA) is 81.7 Å². The van der Waals surface area contributed by atoms with E-state index in [-0.39, 0.29) is 17.3 Å². The first-order valence-electron chi connectivity index (χ1n) is 11.7. The maximum Gasteiger partial charge on any atom is 0.348 e. The minimum absolute atomic E-state index is 0.0735. The summed E-state index contributed by atoms with van der Waals surface area (Å²) in [7, 11) is 0. The summed E-state index contributed by atoms with van der Waals surface area (Å²) in [5.74, 6) is -1.16. The molecule has 1 aromatic rings. The highest BCUT2D eigenvalue weighted by Crippen LogP contribution is 2.16. The van der Waals surface area contributed by atoms with Crippen LogP contribution in [-0.2, 0) is 19.1 Å². The lowest BCUT2D eigenvalue weighted by Crippen LogP contribution is -2.20. The molecule has 1 aromatic carbocycles. The van der Waals surface area contributed by atoms with Crippen molar-refractivity contribution in [3.05, 3.63) is 53.4 Å². The van der Waals surface area contributed by atoms with Gasteiger partial charge < -0.3 is 14.8 Å². The van der Waals surface area contributed by atoms with Crippen molar-refractivity contribution in [3.8, 4) is 0 Å². The smallest absolute Gasteiger partial charge is 0.348 e. The molecule has 2 rings (SSSR count). The van der Waals surface area contributed by atoms with Gasteiger partial charge in [-0.05, 0) is 37.6 Å². The zero-order valence-electron chi connectivity index (χ0n) is 19.3. The Labute approximate surface area is 191 Å². The van der Waals surface area contributed by atoms with Crippen LogP contribution in [0.2, 0.25) is 0 Å². The average Bonchev–Trinajstić information content (AvgIpc) is 2.77. The fourth-order valence-corrected chi connectivity index (χ4v) is 3.42. The Kier molecular flexibility index (Phi) is 11.3. The summed E-state index contributed by atoms with van der Waals surface area (Å²) in [4.78, 5) is 35.8. The van der Waals surface area contributed by atoms with Crippen molar-refractivity contribution >= 4 is 23.4 Å². The van der Waals surface area contributed by atoms with Gasteiger partial charge in [0, 0.05) is 18.0 Å². The van der Waals surface area contributed by atoms with E-state index in [2.05, 4.69) is 12.2 Å². The molecule has 0 saturated carbocycles. The van der Waals surface area contributed by atoms with Crippen molar-refractivity contribution in [3.63, 3.8) is 0 Å². The number of benzene rings is 1. The van der Waals surface area contributed by atoms with Crippen molar-refractivity contribution in [1.29, 1.82) is 0 Å². The molecule has 0 aliphatic carbocycles. The summed E-state index contributed by atoms with van der Waals surface area (Å²) in [6.45, 7) is 4.21. The van der Waals surface area contributed by atoms with Crippen molar-refractivity contribution in [2.75, 3.05) is 11.9 Å². The van der Waals surface area contributed by atoms with Crippen LogP contribution in [0.25, 0.3) is 0 Å². The standard InChI is InChI=1S/C26H35NO5/c1-3-4-5-6-7-8-9-10-11-12-17-31-25(29)21-13-15-22(16-14-21)27-19-23-24(28)18-20(2)32-26(23)30/h13-16,18-19,27H,3-12,17H2,1-2H3. The first-order chi connectivity index (χ1) is 15.5. The van der Waals surface area contributed by atoms with Crippen molar-refractivity contribution in [1.82, 2.24) is 0 Å². The second kappa shape index (κ2) is 14.2. The Morgan fingerprint density at radius 1 is 0.938 bits per heavy atom. The largest absolute Gasteiger partial charge is 0.462 e. The van der Waals surface area contributed by atoms with Crippen LogP contribution in [0.4, 0.5) is 5.69 Å². The number of anilines is 1. The average molecular weight is 442 g/mol. The molecule has 6 heteroatoms. The Balaban J connectivity index is 1.63. The number of hydrogen-bond acceptors (Lipinski definition) is 6. The summed E-state index contributed by atoms with van der Waals surface area (Å²) in [5.41, 5.74) is 1.02. The predicted octanol–water partition coefficient (Wildman–Crippen LogP) is 6.09. The molecular weight excluding hydrogens is 406 g/mol. The number of carbonyl (C=O) groups is 3. The normalized spacial score (nSPS) is 14.8. The van der Waals surface area contributed by atoms with Gasteiger partial charge in [0.05, 0.1) is 12.2 Å². The van der Waals surface area contributed by atoms with Gasteiger partial charge in [-0.15, -0.1) is 0 Å². The molecule has 0 fully saturated rings. The maximum atomic E-state index is 12.2. The molecule has 0 bridgehead atoms. The van der Waals surface area contributed by atoms with Gasteiger partial charge in [-0.3, -0.25) is 4.79 Å². The van der Waals surface area contributed by atoms with E-state index in [9.17, 15) is 14.4 Å². The summed E-state index contributed by atoms with van der Waals surface area (Å²) in [6.07, 6.45) is 14.9. The van der Waals surface area contributed by atoms with Crippen LogP contribution in [0.5, 0.6) is 0 Å². The molecule has 1 aliphatic rings. The number of ether oxygens (including phenoxy) is 2. The highest BCUT2D eigenvalue weighted by atomic mass is 16.5. The van der Waals surface area contributed by atoms with Gasteiger partial charge in [0.1, 0.15) is 11.3 Å². The zero-order valence-corrected chi connectivity index (χ0v) is 19.3. The predicted molar refractivity (Wildman–Crippen MR) is 125 cm³/mol. The summed E-state index contributed by atoms with van der Waals surface area (Å²) in [5, 5.41) is 2.88. The SMILES string of the molecule is CCCCCCCCCCCCOC(=O)c1ccc(NC=C2C(=O)C=C(C)OC2=O)cc1. The minimum atomic E-state index is -0.685. The molecule has 0 saturated heterocycles. The molecular formula is C26H35NO5. The van der Waals surface area contributed by atoms with Gasteiger partial charge in [-0.25, -0.2) is 9.59 Å². The molecule has 0 unspecified atom stereocenters. The van der Waals surface area contributed by atoms with Gasteiger partial charge in [0.2, 0.25) is 0 Å². The number of nitrogens with one attached hydrogen (secondary N) is 1. The molecule has 1 N–H and O–H groups in total. The minimum Gasteiger partial charge on any atom is -0.462 e. The fourth-order valence-electron chi connectivity index (χ4n) is 3.42. The number of esters is 2.